The van der Waals surface area contributed by atoms with Crippen molar-refractivity contribution >= 4 is 22.3 Å². The molecule has 4 aromatic carbocycles. The number of phenols is 4. The maximum absolute atomic E-state index is 11.8. The summed E-state index contributed by atoms with van der Waals surface area (Å²) in [5.74, 6) is 1.45. The molecule has 0 saturated carbocycles. The second kappa shape index (κ2) is 22.3. The van der Waals surface area contributed by atoms with Crippen LogP contribution in [0.3, 0.4) is 0 Å². The Morgan fingerprint density at radius 2 is 0.377 bits per heavy atom. The van der Waals surface area contributed by atoms with Crippen molar-refractivity contribution in [1.82, 2.24) is 0 Å². The molecule has 4 heteroatoms. The highest BCUT2D eigenvalue weighted by atomic mass is 16.3. The minimum absolute atomic E-state index is 0.279. The van der Waals surface area contributed by atoms with E-state index < -0.39 is 0 Å². The molecule has 0 atom stereocenters. The quantitative estimate of drug-likeness (QED) is 0.0901. The second-order valence-electron chi connectivity index (χ2n) is 31.6. The van der Waals surface area contributed by atoms with Crippen LogP contribution >= 0.6 is 0 Å². The van der Waals surface area contributed by atoms with Gasteiger partial charge in [0.2, 0.25) is 0 Å². The molecule has 424 valence electrons. The first-order valence-corrected chi connectivity index (χ1v) is 28.8. The highest BCUT2D eigenvalue weighted by molar-refractivity contribution is 5.72. The van der Waals surface area contributed by atoms with E-state index >= 15 is 0 Å². The molecule has 4 aromatic rings. The van der Waals surface area contributed by atoms with Crippen molar-refractivity contribution in [2.24, 2.45) is 5.41 Å². The van der Waals surface area contributed by atoms with Gasteiger partial charge in [-0.1, -0.05) is 192 Å². The van der Waals surface area contributed by atoms with E-state index in [1.807, 2.05) is 0 Å². The molecule has 0 aliphatic rings. The van der Waals surface area contributed by atoms with Crippen LogP contribution in [-0.2, 0) is 43.3 Å². The maximum atomic E-state index is 11.8. The Morgan fingerprint density at radius 3 is 0.481 bits per heavy atom. The average Bonchev–Trinajstić information content (AvgIpc) is 3.25. The van der Waals surface area contributed by atoms with Crippen molar-refractivity contribution in [2.45, 2.75) is 261 Å². The molecule has 77 heavy (non-hydrogen) atoms. The molecule has 4 nitrogen and oxygen atoms in total. The van der Waals surface area contributed by atoms with Gasteiger partial charge in [-0.2, -0.15) is 0 Å². The Bertz CT molecular complexity index is 2320. The van der Waals surface area contributed by atoms with Gasteiger partial charge in [-0.3, -0.25) is 0 Å². The highest BCUT2D eigenvalue weighted by Gasteiger charge is 2.35. The fourth-order valence-electron chi connectivity index (χ4n) is 10.9. The van der Waals surface area contributed by atoms with E-state index in [-0.39, 0.29) is 48.7 Å². The molecule has 0 bridgehead atoms. The molecule has 0 amide bonds. The Hall–Kier alpha value is -4.96. The zero-order valence-electron chi connectivity index (χ0n) is 53.4. The minimum Gasteiger partial charge on any atom is -0.507 e. The predicted molar refractivity (Wildman–Crippen MR) is 338 cm³/mol. The van der Waals surface area contributed by atoms with E-state index in [9.17, 15) is 20.4 Å². The molecule has 0 aromatic heterocycles. The van der Waals surface area contributed by atoms with Crippen molar-refractivity contribution in [3.8, 4) is 23.0 Å². The minimum atomic E-state index is -0.291. The second-order valence-corrected chi connectivity index (χ2v) is 31.6. The van der Waals surface area contributed by atoms with Crippen LogP contribution < -0.4 is 0 Å². The van der Waals surface area contributed by atoms with Crippen LogP contribution in [-0.4, -0.2) is 20.4 Å². The molecule has 0 unspecified atom stereocenters. The monoisotopic (exact) mass is 1050 g/mol. The lowest BCUT2D eigenvalue weighted by Crippen LogP contribution is -2.23. The molecule has 0 saturated heterocycles. The molecule has 4 N–H and O–H groups in total. The van der Waals surface area contributed by atoms with Crippen molar-refractivity contribution in [2.75, 3.05) is 0 Å². The third-order valence-corrected chi connectivity index (χ3v) is 16.4. The first kappa shape index (κ1) is 64.6. The van der Waals surface area contributed by atoms with E-state index in [1.165, 1.54) is 0 Å². The maximum Gasteiger partial charge on any atom is 0.123 e. The highest BCUT2D eigenvalue weighted by Crippen LogP contribution is 2.50. The van der Waals surface area contributed by atoms with Gasteiger partial charge in [0.05, 0.1) is 0 Å². The van der Waals surface area contributed by atoms with Gasteiger partial charge in [-0.25, -0.2) is 0 Å². The Kier molecular flexibility index (Phi) is 18.7. The molecular weight excluding hydrogens is 941 g/mol. The fourth-order valence-corrected chi connectivity index (χ4v) is 10.9. The molecule has 0 spiro atoms. The zero-order valence-corrected chi connectivity index (χ0v) is 53.4. The number of rotatable bonds is 16. The molecule has 0 radical (unpaired) electrons. The number of aromatic hydroxyl groups is 4. The fraction of sp³-hybridized carbons (Fsp3) is 0.562. The van der Waals surface area contributed by atoms with Gasteiger partial charge in [0.25, 0.3) is 0 Å². The number of hydrogen-bond donors (Lipinski definition) is 4. The summed E-state index contributed by atoms with van der Waals surface area (Å²) in [6, 6.07) is 17.3. The smallest absolute Gasteiger partial charge is 0.123 e. The Balaban J connectivity index is 2.01. The number of benzene rings is 4. The summed E-state index contributed by atoms with van der Waals surface area (Å²) in [5.41, 5.74) is 13.1. The number of hydrogen-bond acceptors (Lipinski definition) is 4. The average molecular weight is 1050 g/mol. The third-order valence-electron chi connectivity index (χ3n) is 16.4. The zero-order chi connectivity index (χ0) is 59.4. The van der Waals surface area contributed by atoms with Crippen LogP contribution in [0.25, 0.3) is 22.3 Å². The summed E-state index contributed by atoms with van der Waals surface area (Å²) in [5, 5.41) is 47.2. The largest absolute Gasteiger partial charge is 0.507 e. The van der Waals surface area contributed by atoms with Gasteiger partial charge in [0.1, 0.15) is 23.0 Å². The molecule has 0 aliphatic carbocycles. The van der Waals surface area contributed by atoms with Crippen molar-refractivity contribution in [3.05, 3.63) is 142 Å². The molecule has 0 fully saturated rings. The Morgan fingerprint density at radius 1 is 0.260 bits per heavy atom. The first-order chi connectivity index (χ1) is 34.5. The summed E-state index contributed by atoms with van der Waals surface area (Å²) in [6.07, 6.45) is 6.25. The summed E-state index contributed by atoms with van der Waals surface area (Å²) in [6.45, 7) is 71.2. The lowest BCUT2D eigenvalue weighted by atomic mass is 9.68. The standard InChI is InChI=1S/C73H108O4/c1-45(49-37-53(65(5,6)7)61(74)54(38-49)66(8,9)10)29-33-73(34-30-46(2)50-39-55(67(11,12)13)62(75)56(40-50)68(14,15)16,35-31-47(3)51-41-57(69(17,18)19)63(76)58(42-51)70(20,21)22)36-32-48(4)52-43-59(71(23,24)25)64(77)60(44-52)72(26,27)28/h37-44,74-77H,1-4,29-36H2,5-28H3. The van der Waals surface area contributed by atoms with Crippen molar-refractivity contribution in [1.29, 1.82) is 0 Å². The molecular formula is C73H108O4. The topological polar surface area (TPSA) is 80.9 Å². The molecule has 4 rings (SSSR count). The van der Waals surface area contributed by atoms with Crippen LogP contribution in [0.5, 0.6) is 23.0 Å². The molecule has 0 aliphatic heterocycles. The third kappa shape index (κ3) is 15.7. The summed E-state index contributed by atoms with van der Waals surface area (Å²) in [4.78, 5) is 0. The van der Waals surface area contributed by atoms with Gasteiger partial charge in [-0.05, 0) is 193 Å². The molecule has 0 heterocycles. The van der Waals surface area contributed by atoms with Crippen LogP contribution in [0.4, 0.5) is 0 Å². The van der Waals surface area contributed by atoms with E-state index in [1.54, 1.807) is 0 Å². The normalized spacial score (nSPS) is 13.5. The van der Waals surface area contributed by atoms with Crippen molar-refractivity contribution < 1.29 is 20.4 Å². The van der Waals surface area contributed by atoms with Gasteiger partial charge < -0.3 is 20.4 Å². The van der Waals surface area contributed by atoms with Crippen LogP contribution in [0.15, 0.2) is 74.8 Å². The van der Waals surface area contributed by atoms with Crippen molar-refractivity contribution in [3.63, 3.8) is 0 Å². The van der Waals surface area contributed by atoms with E-state index in [0.717, 1.165) is 140 Å². The summed E-state index contributed by atoms with van der Waals surface area (Å²) >= 11 is 0. The Labute approximate surface area is 471 Å². The van der Waals surface area contributed by atoms with E-state index in [2.05, 4.69) is 215 Å². The van der Waals surface area contributed by atoms with Gasteiger partial charge >= 0.3 is 0 Å². The SMILES string of the molecule is C=C(CCC(CCC(=C)c1cc(C(C)(C)C)c(O)c(C(C)(C)C)c1)(CCC(=C)c1cc(C(C)(C)C)c(O)c(C(C)(C)C)c1)CCC(=C)c1cc(C(C)(C)C)c(O)c(C(C)(C)C)c1)c1cc(C(C)(C)C)c(O)c(C(C)(C)C)c1. The van der Waals surface area contributed by atoms with E-state index in [4.69, 9.17) is 26.3 Å². The number of phenolic OH excluding ortho intramolecular Hbond substituents is 4. The van der Waals surface area contributed by atoms with Crippen LogP contribution in [0.2, 0.25) is 0 Å². The summed E-state index contributed by atoms with van der Waals surface area (Å²) in [7, 11) is 0. The van der Waals surface area contributed by atoms with Gasteiger partial charge in [0.15, 0.2) is 0 Å². The number of allylic oxidation sites excluding steroid dienone is 4. The van der Waals surface area contributed by atoms with Crippen LogP contribution in [0.1, 0.15) is 284 Å². The van der Waals surface area contributed by atoms with Crippen LogP contribution in [0, 0.1) is 5.41 Å². The lowest BCUT2D eigenvalue weighted by molar-refractivity contribution is 0.210. The summed E-state index contributed by atoms with van der Waals surface area (Å²) < 4.78 is 0. The van der Waals surface area contributed by atoms with E-state index in [0.29, 0.717) is 23.0 Å². The first-order valence-electron chi connectivity index (χ1n) is 28.8. The van der Waals surface area contributed by atoms with Gasteiger partial charge in [0, 0.05) is 44.5 Å². The van der Waals surface area contributed by atoms with Gasteiger partial charge in [-0.15, -0.1) is 0 Å². The predicted octanol–water partition coefficient (Wildman–Crippen LogP) is 21.1. The lowest BCUT2D eigenvalue weighted by Gasteiger charge is -2.37.